The summed E-state index contributed by atoms with van der Waals surface area (Å²) in [5.41, 5.74) is 2.55. The predicted molar refractivity (Wildman–Crippen MR) is 114 cm³/mol. The number of hydrogen-bond acceptors (Lipinski definition) is 5. The van der Waals surface area contributed by atoms with E-state index in [1.54, 1.807) is 22.7 Å². The van der Waals surface area contributed by atoms with Crippen LogP contribution >= 0.6 is 22.7 Å². The van der Waals surface area contributed by atoms with E-state index in [9.17, 15) is 4.79 Å². The molecule has 0 unspecified atom stereocenters. The molecule has 0 aromatic carbocycles. The SMILES string of the molecule is CC(C)(C)c1cc(NC(=O)Cc2csc(-c3ccsc3)n2)n(C(C)(C)C)n1. The number of nitrogens with one attached hydrogen (secondary N) is 1. The lowest BCUT2D eigenvalue weighted by Crippen LogP contribution is -2.27. The molecule has 1 N–H and O–H groups in total. The first-order chi connectivity index (χ1) is 12.5. The number of amides is 1. The van der Waals surface area contributed by atoms with Crippen molar-refractivity contribution < 1.29 is 4.79 Å². The Morgan fingerprint density at radius 2 is 1.93 bits per heavy atom. The van der Waals surface area contributed by atoms with Crippen molar-refractivity contribution >= 4 is 34.4 Å². The van der Waals surface area contributed by atoms with Crippen LogP contribution in [0.5, 0.6) is 0 Å². The summed E-state index contributed by atoms with van der Waals surface area (Å²) in [6, 6.07) is 4.02. The minimum absolute atomic E-state index is 0.0805. The van der Waals surface area contributed by atoms with Crippen LogP contribution in [0.15, 0.2) is 28.3 Å². The maximum atomic E-state index is 12.6. The van der Waals surface area contributed by atoms with E-state index < -0.39 is 0 Å². The third kappa shape index (κ3) is 4.65. The van der Waals surface area contributed by atoms with Crippen molar-refractivity contribution in [2.24, 2.45) is 0 Å². The predicted octanol–water partition coefficient (Wildman–Crippen LogP) is 5.30. The van der Waals surface area contributed by atoms with E-state index in [1.807, 2.05) is 27.6 Å². The van der Waals surface area contributed by atoms with Gasteiger partial charge in [0.05, 0.1) is 23.3 Å². The Kier molecular flexibility index (Phi) is 5.27. The van der Waals surface area contributed by atoms with E-state index in [0.29, 0.717) is 0 Å². The molecule has 3 rings (SSSR count). The van der Waals surface area contributed by atoms with E-state index in [1.165, 1.54) is 0 Å². The topological polar surface area (TPSA) is 59.8 Å². The van der Waals surface area contributed by atoms with E-state index in [-0.39, 0.29) is 23.3 Å². The fourth-order valence-electron chi connectivity index (χ4n) is 2.61. The van der Waals surface area contributed by atoms with E-state index >= 15 is 0 Å². The number of thiophene rings is 1. The van der Waals surface area contributed by atoms with E-state index in [0.717, 1.165) is 27.8 Å². The molecule has 0 aliphatic carbocycles. The van der Waals surface area contributed by atoms with Crippen molar-refractivity contribution in [1.29, 1.82) is 0 Å². The van der Waals surface area contributed by atoms with Gasteiger partial charge in [0, 0.05) is 27.8 Å². The van der Waals surface area contributed by atoms with Crippen LogP contribution in [-0.4, -0.2) is 20.7 Å². The molecule has 3 aromatic rings. The summed E-state index contributed by atoms with van der Waals surface area (Å²) in [5.74, 6) is 0.647. The van der Waals surface area contributed by atoms with Gasteiger partial charge in [-0.2, -0.15) is 16.4 Å². The number of hydrogen-bond donors (Lipinski definition) is 1. The summed E-state index contributed by atoms with van der Waals surface area (Å²) in [7, 11) is 0. The molecule has 27 heavy (non-hydrogen) atoms. The Morgan fingerprint density at radius 3 is 2.52 bits per heavy atom. The molecule has 7 heteroatoms. The lowest BCUT2D eigenvalue weighted by atomic mass is 9.92. The van der Waals surface area contributed by atoms with Gasteiger partial charge >= 0.3 is 0 Å². The highest BCUT2D eigenvalue weighted by Crippen LogP contribution is 2.29. The van der Waals surface area contributed by atoms with Gasteiger partial charge in [0.1, 0.15) is 10.8 Å². The summed E-state index contributed by atoms with van der Waals surface area (Å²) >= 11 is 3.21. The molecule has 3 heterocycles. The molecule has 0 bridgehead atoms. The van der Waals surface area contributed by atoms with Crippen molar-refractivity contribution in [3.8, 4) is 10.6 Å². The van der Waals surface area contributed by atoms with Crippen LogP contribution in [0, 0.1) is 0 Å². The van der Waals surface area contributed by atoms with E-state index in [2.05, 4.69) is 57.2 Å². The first-order valence-corrected chi connectivity index (χ1v) is 10.7. The maximum Gasteiger partial charge on any atom is 0.231 e. The van der Waals surface area contributed by atoms with Gasteiger partial charge in [-0.3, -0.25) is 4.79 Å². The Labute approximate surface area is 168 Å². The van der Waals surface area contributed by atoms with Gasteiger partial charge < -0.3 is 5.32 Å². The van der Waals surface area contributed by atoms with Crippen LogP contribution in [0.1, 0.15) is 52.9 Å². The molecule has 3 aromatic heterocycles. The molecule has 5 nitrogen and oxygen atoms in total. The zero-order valence-corrected chi connectivity index (χ0v) is 18.3. The second kappa shape index (κ2) is 7.20. The lowest BCUT2D eigenvalue weighted by molar-refractivity contribution is -0.115. The molecule has 0 saturated carbocycles. The zero-order chi connectivity index (χ0) is 19.8. The van der Waals surface area contributed by atoms with E-state index in [4.69, 9.17) is 5.10 Å². The highest BCUT2D eigenvalue weighted by molar-refractivity contribution is 7.14. The third-order valence-electron chi connectivity index (χ3n) is 4.04. The van der Waals surface area contributed by atoms with Gasteiger partial charge in [0.25, 0.3) is 0 Å². The maximum absolute atomic E-state index is 12.6. The second-order valence-corrected chi connectivity index (χ2v) is 10.3. The van der Waals surface area contributed by atoms with Gasteiger partial charge in [-0.25, -0.2) is 9.67 Å². The average molecular weight is 403 g/mol. The zero-order valence-electron chi connectivity index (χ0n) is 16.7. The number of nitrogens with zero attached hydrogens (tertiary/aromatic N) is 3. The van der Waals surface area contributed by atoms with Crippen molar-refractivity contribution in [1.82, 2.24) is 14.8 Å². The molecule has 0 aliphatic heterocycles. The first kappa shape index (κ1) is 19.8. The van der Waals surface area contributed by atoms with Gasteiger partial charge in [-0.1, -0.05) is 20.8 Å². The molecule has 1 amide bonds. The fraction of sp³-hybridized carbons (Fsp3) is 0.450. The summed E-state index contributed by atoms with van der Waals surface area (Å²) < 4.78 is 1.89. The number of anilines is 1. The number of thiazole rings is 1. The van der Waals surface area contributed by atoms with Crippen LogP contribution in [0.4, 0.5) is 5.82 Å². The van der Waals surface area contributed by atoms with Gasteiger partial charge in [0.2, 0.25) is 5.91 Å². The molecule has 0 radical (unpaired) electrons. The van der Waals surface area contributed by atoms with Gasteiger partial charge in [-0.15, -0.1) is 11.3 Å². The molecule has 144 valence electrons. The highest BCUT2D eigenvalue weighted by atomic mass is 32.1. The molecular weight excluding hydrogens is 376 g/mol. The summed E-state index contributed by atoms with van der Waals surface area (Å²) in [6.45, 7) is 12.6. The second-order valence-electron chi connectivity index (χ2n) is 8.63. The highest BCUT2D eigenvalue weighted by Gasteiger charge is 2.25. The summed E-state index contributed by atoms with van der Waals surface area (Å²) in [4.78, 5) is 17.2. The first-order valence-electron chi connectivity index (χ1n) is 8.92. The third-order valence-corrected chi connectivity index (χ3v) is 5.67. The Bertz CT molecular complexity index is 924. The molecule has 0 atom stereocenters. The molecule has 0 fully saturated rings. The molecule has 0 aliphatic rings. The Morgan fingerprint density at radius 1 is 1.19 bits per heavy atom. The van der Waals surface area contributed by atoms with Crippen LogP contribution in [0.25, 0.3) is 10.6 Å². The van der Waals surface area contributed by atoms with Crippen molar-refractivity contribution in [3.05, 3.63) is 39.7 Å². The largest absolute Gasteiger partial charge is 0.311 e. The van der Waals surface area contributed by atoms with Crippen LogP contribution in [-0.2, 0) is 22.2 Å². The average Bonchev–Trinajstić information content (AvgIpc) is 3.24. The summed E-state index contributed by atoms with van der Waals surface area (Å²) in [5, 5.41) is 14.8. The monoisotopic (exact) mass is 402 g/mol. The van der Waals surface area contributed by atoms with Gasteiger partial charge in [-0.05, 0) is 32.2 Å². The smallest absolute Gasteiger partial charge is 0.231 e. The number of aromatic nitrogens is 3. The lowest BCUT2D eigenvalue weighted by Gasteiger charge is -2.23. The van der Waals surface area contributed by atoms with Gasteiger partial charge in [0.15, 0.2) is 0 Å². The molecule has 0 spiro atoms. The number of carbonyl (C=O) groups excluding carboxylic acids is 1. The van der Waals surface area contributed by atoms with Crippen LogP contribution in [0.3, 0.4) is 0 Å². The summed E-state index contributed by atoms with van der Waals surface area (Å²) in [6.07, 6.45) is 0.251. The fourth-order valence-corrected chi connectivity index (χ4v) is 4.14. The molecule has 0 saturated heterocycles. The Balaban J connectivity index is 1.77. The Hall–Kier alpha value is -1.99. The van der Waals surface area contributed by atoms with Crippen molar-refractivity contribution in [3.63, 3.8) is 0 Å². The standard InChI is InChI=1S/C20H26N4OS2/c1-19(2,3)15-10-16(24(23-15)20(4,5)6)22-17(25)9-14-12-27-18(21-14)13-7-8-26-11-13/h7-8,10-12H,9H2,1-6H3,(H,22,25). The minimum atomic E-state index is -0.223. The van der Waals surface area contributed by atoms with Crippen molar-refractivity contribution in [2.75, 3.05) is 5.32 Å². The van der Waals surface area contributed by atoms with Crippen molar-refractivity contribution in [2.45, 2.75) is 58.9 Å². The minimum Gasteiger partial charge on any atom is -0.311 e. The van der Waals surface area contributed by atoms with Crippen LogP contribution < -0.4 is 5.32 Å². The normalized spacial score (nSPS) is 12.4. The quantitative estimate of drug-likeness (QED) is 0.644. The number of rotatable bonds is 4. The molecular formula is C20H26N4OS2. The number of carbonyl (C=O) groups is 1. The van der Waals surface area contributed by atoms with Crippen LogP contribution in [0.2, 0.25) is 0 Å².